The van der Waals surface area contributed by atoms with E-state index in [9.17, 15) is 9.90 Å². The van der Waals surface area contributed by atoms with Gasteiger partial charge in [0.2, 0.25) is 0 Å². The number of aryl methyl sites for hydroxylation is 1. The highest BCUT2D eigenvalue weighted by Gasteiger charge is 2.23. The summed E-state index contributed by atoms with van der Waals surface area (Å²) in [5.41, 5.74) is 16.4. The van der Waals surface area contributed by atoms with Crippen molar-refractivity contribution in [2.24, 2.45) is 5.73 Å². The molecular formula is C19H18N6O2. The lowest BCUT2D eigenvalue weighted by Crippen LogP contribution is -2.14. The Kier molecular flexibility index (Phi) is 3.62. The van der Waals surface area contributed by atoms with Gasteiger partial charge in [0.15, 0.2) is 0 Å². The van der Waals surface area contributed by atoms with Crippen LogP contribution in [0.5, 0.6) is 5.75 Å². The SMILES string of the molecule is Cc1ccc(O)c(C)c1-n1c(N)c(C(N)=O)c2cnc(-c3ccn[nH]3)cc21. The van der Waals surface area contributed by atoms with Crippen LogP contribution in [0.15, 0.2) is 36.7 Å². The molecule has 0 atom stereocenters. The van der Waals surface area contributed by atoms with E-state index in [-0.39, 0.29) is 17.1 Å². The molecule has 3 aromatic heterocycles. The fourth-order valence-corrected chi connectivity index (χ4v) is 3.42. The van der Waals surface area contributed by atoms with Crippen molar-refractivity contribution < 1.29 is 9.90 Å². The third kappa shape index (κ3) is 2.42. The summed E-state index contributed by atoms with van der Waals surface area (Å²) in [5.74, 6) is -0.291. The number of phenolic OH excluding ortho intramolecular Hbond substituents is 1. The van der Waals surface area contributed by atoms with Crippen LogP contribution in [0.3, 0.4) is 0 Å². The first-order valence-electron chi connectivity index (χ1n) is 8.29. The molecule has 0 aliphatic heterocycles. The first kappa shape index (κ1) is 16.6. The van der Waals surface area contributed by atoms with Crippen LogP contribution in [0, 0.1) is 13.8 Å². The van der Waals surface area contributed by atoms with E-state index in [2.05, 4.69) is 15.2 Å². The first-order valence-corrected chi connectivity index (χ1v) is 8.29. The van der Waals surface area contributed by atoms with Crippen molar-refractivity contribution in [3.05, 3.63) is 53.3 Å². The third-order valence-corrected chi connectivity index (χ3v) is 4.74. The summed E-state index contributed by atoms with van der Waals surface area (Å²) in [5, 5.41) is 17.6. The molecule has 0 spiro atoms. The van der Waals surface area contributed by atoms with Crippen molar-refractivity contribution in [3.8, 4) is 22.8 Å². The van der Waals surface area contributed by atoms with Crippen molar-refractivity contribution in [2.45, 2.75) is 13.8 Å². The predicted molar refractivity (Wildman–Crippen MR) is 103 cm³/mol. The average molecular weight is 362 g/mol. The van der Waals surface area contributed by atoms with Gasteiger partial charge < -0.3 is 16.6 Å². The number of aromatic hydroxyl groups is 1. The molecule has 4 rings (SSSR count). The molecule has 1 amide bonds. The van der Waals surface area contributed by atoms with E-state index in [0.29, 0.717) is 27.8 Å². The molecule has 8 heteroatoms. The van der Waals surface area contributed by atoms with Crippen molar-refractivity contribution in [2.75, 3.05) is 5.73 Å². The van der Waals surface area contributed by atoms with Gasteiger partial charge in [-0.05, 0) is 37.6 Å². The number of amides is 1. The van der Waals surface area contributed by atoms with Crippen LogP contribution >= 0.6 is 0 Å². The zero-order chi connectivity index (χ0) is 19.3. The number of phenols is 1. The number of carbonyl (C=O) groups excluding carboxylic acids is 1. The number of carbonyl (C=O) groups is 1. The number of nitrogens with one attached hydrogen (secondary N) is 1. The smallest absolute Gasteiger partial charge is 0.253 e. The summed E-state index contributed by atoms with van der Waals surface area (Å²) < 4.78 is 1.74. The molecule has 0 aliphatic rings. The Morgan fingerprint density at radius 3 is 2.70 bits per heavy atom. The van der Waals surface area contributed by atoms with E-state index >= 15 is 0 Å². The van der Waals surface area contributed by atoms with Gasteiger partial charge in [0.1, 0.15) is 11.6 Å². The normalized spacial score (nSPS) is 11.2. The molecule has 0 saturated carbocycles. The van der Waals surface area contributed by atoms with Gasteiger partial charge in [0.05, 0.1) is 28.2 Å². The fourth-order valence-electron chi connectivity index (χ4n) is 3.42. The number of primary amides is 1. The average Bonchev–Trinajstić information content (AvgIpc) is 3.25. The number of aromatic nitrogens is 4. The maximum atomic E-state index is 12.1. The number of hydrogen-bond donors (Lipinski definition) is 4. The molecule has 0 saturated heterocycles. The minimum absolute atomic E-state index is 0.139. The van der Waals surface area contributed by atoms with Crippen molar-refractivity contribution in [3.63, 3.8) is 0 Å². The fraction of sp³-hybridized carbons (Fsp3) is 0.105. The summed E-state index contributed by atoms with van der Waals surface area (Å²) in [6, 6.07) is 7.03. The lowest BCUT2D eigenvalue weighted by molar-refractivity contribution is 0.100. The number of H-pyrrole nitrogens is 1. The lowest BCUT2D eigenvalue weighted by atomic mass is 10.1. The van der Waals surface area contributed by atoms with E-state index in [0.717, 1.165) is 11.3 Å². The highest BCUT2D eigenvalue weighted by Crippen LogP contribution is 2.37. The number of anilines is 1. The second kappa shape index (κ2) is 5.87. The highest BCUT2D eigenvalue weighted by atomic mass is 16.3. The Morgan fingerprint density at radius 2 is 2.04 bits per heavy atom. The molecule has 6 N–H and O–H groups in total. The van der Waals surface area contributed by atoms with Gasteiger partial charge in [-0.1, -0.05) is 6.07 Å². The standard InChI is InChI=1S/C19H18N6O2/c1-9-3-4-15(26)10(2)17(9)25-14-7-13(12-5-6-23-24-12)22-8-11(14)16(18(25)20)19(21)27/h3-8,26H,20H2,1-2H3,(H2,21,27)(H,23,24). The quantitative estimate of drug-likeness (QED) is 0.444. The Hall–Kier alpha value is -3.81. The number of rotatable bonds is 3. The van der Waals surface area contributed by atoms with Gasteiger partial charge in [-0.25, -0.2) is 0 Å². The molecule has 1 aromatic carbocycles. The van der Waals surface area contributed by atoms with Gasteiger partial charge in [0.25, 0.3) is 5.91 Å². The molecule has 0 aliphatic carbocycles. The zero-order valence-electron chi connectivity index (χ0n) is 14.8. The Balaban J connectivity index is 2.14. The molecule has 0 radical (unpaired) electrons. The maximum absolute atomic E-state index is 12.1. The summed E-state index contributed by atoms with van der Waals surface area (Å²) in [7, 11) is 0. The van der Waals surface area contributed by atoms with E-state index in [4.69, 9.17) is 11.5 Å². The van der Waals surface area contributed by atoms with Crippen molar-refractivity contribution in [1.29, 1.82) is 0 Å². The number of benzene rings is 1. The van der Waals surface area contributed by atoms with E-state index in [1.165, 1.54) is 0 Å². The number of hydrogen-bond acceptors (Lipinski definition) is 5. The van der Waals surface area contributed by atoms with Crippen LogP contribution in [0.2, 0.25) is 0 Å². The Labute approximate surface area is 154 Å². The minimum atomic E-state index is -0.636. The second-order valence-corrected chi connectivity index (χ2v) is 6.39. The maximum Gasteiger partial charge on any atom is 0.253 e. The largest absolute Gasteiger partial charge is 0.508 e. The van der Waals surface area contributed by atoms with Crippen LogP contribution in [0.1, 0.15) is 21.5 Å². The van der Waals surface area contributed by atoms with Crippen molar-refractivity contribution in [1.82, 2.24) is 19.7 Å². The molecule has 0 unspecified atom stereocenters. The molecule has 4 aromatic rings. The van der Waals surface area contributed by atoms with Crippen LogP contribution in [0.4, 0.5) is 5.82 Å². The summed E-state index contributed by atoms with van der Waals surface area (Å²) >= 11 is 0. The molecule has 27 heavy (non-hydrogen) atoms. The van der Waals surface area contributed by atoms with Gasteiger partial charge in [-0.15, -0.1) is 0 Å². The Bertz CT molecular complexity index is 1190. The number of nitrogens with two attached hydrogens (primary N) is 2. The van der Waals surface area contributed by atoms with Crippen LogP contribution in [-0.4, -0.2) is 30.8 Å². The molecule has 0 bridgehead atoms. The summed E-state index contributed by atoms with van der Waals surface area (Å²) in [4.78, 5) is 16.5. The number of nitrogens with zero attached hydrogens (tertiary/aromatic N) is 3. The van der Waals surface area contributed by atoms with E-state index in [1.807, 2.05) is 13.0 Å². The molecule has 136 valence electrons. The predicted octanol–water partition coefficient (Wildman–Crippen LogP) is 2.42. The van der Waals surface area contributed by atoms with Gasteiger partial charge in [-0.3, -0.25) is 19.4 Å². The first-order chi connectivity index (χ1) is 12.9. The Morgan fingerprint density at radius 1 is 1.26 bits per heavy atom. The number of fused-ring (bicyclic) bond motifs is 1. The lowest BCUT2D eigenvalue weighted by Gasteiger charge is -2.16. The van der Waals surface area contributed by atoms with Gasteiger partial charge in [-0.2, -0.15) is 5.10 Å². The molecule has 0 fully saturated rings. The van der Waals surface area contributed by atoms with Crippen LogP contribution in [0.25, 0.3) is 28.0 Å². The van der Waals surface area contributed by atoms with Crippen LogP contribution in [-0.2, 0) is 0 Å². The summed E-state index contributed by atoms with van der Waals surface area (Å²) in [6.45, 7) is 3.71. The third-order valence-electron chi connectivity index (χ3n) is 4.74. The van der Waals surface area contributed by atoms with Crippen LogP contribution < -0.4 is 11.5 Å². The van der Waals surface area contributed by atoms with E-state index in [1.54, 1.807) is 42.1 Å². The highest BCUT2D eigenvalue weighted by molar-refractivity contribution is 6.12. The summed E-state index contributed by atoms with van der Waals surface area (Å²) in [6.07, 6.45) is 3.21. The van der Waals surface area contributed by atoms with Crippen molar-refractivity contribution >= 4 is 22.6 Å². The zero-order valence-corrected chi connectivity index (χ0v) is 14.8. The van der Waals surface area contributed by atoms with Gasteiger partial charge >= 0.3 is 0 Å². The van der Waals surface area contributed by atoms with Gasteiger partial charge in [0, 0.05) is 23.3 Å². The monoisotopic (exact) mass is 362 g/mol. The molecule has 8 nitrogen and oxygen atoms in total. The number of nitrogen functional groups attached to an aromatic ring is 1. The minimum Gasteiger partial charge on any atom is -0.508 e. The number of pyridine rings is 1. The molecule has 3 heterocycles. The number of aromatic amines is 1. The molecular weight excluding hydrogens is 344 g/mol. The topological polar surface area (TPSA) is 136 Å². The van der Waals surface area contributed by atoms with E-state index < -0.39 is 5.91 Å². The second-order valence-electron chi connectivity index (χ2n) is 6.39.